The first kappa shape index (κ1) is 26.2. The molecular weight excluding hydrogens is 466 g/mol. The molecule has 0 spiro atoms. The van der Waals surface area contributed by atoms with Crippen LogP contribution in [0.15, 0.2) is 60.7 Å². The molecule has 1 heterocycles. The Balaban J connectivity index is 1.48. The van der Waals surface area contributed by atoms with Crippen LogP contribution in [0.5, 0.6) is 5.75 Å². The van der Waals surface area contributed by atoms with Crippen molar-refractivity contribution < 1.29 is 19.1 Å². The van der Waals surface area contributed by atoms with Gasteiger partial charge in [-0.25, -0.2) is 0 Å². The van der Waals surface area contributed by atoms with Crippen LogP contribution in [0.4, 0.5) is 5.69 Å². The smallest absolute Gasteiger partial charge is 0.258 e. The van der Waals surface area contributed by atoms with Crippen molar-refractivity contribution in [3.63, 3.8) is 0 Å². The summed E-state index contributed by atoms with van der Waals surface area (Å²) in [5.74, 6) is 0.440. The van der Waals surface area contributed by atoms with Crippen LogP contribution < -0.4 is 15.0 Å². The van der Waals surface area contributed by atoms with E-state index in [0.29, 0.717) is 31.5 Å². The zero-order valence-corrected chi connectivity index (χ0v) is 22.0. The second-order valence-electron chi connectivity index (χ2n) is 9.70. The maximum Gasteiger partial charge on any atom is 0.258 e. The Bertz CT molecular complexity index is 1280. The number of hydrogen-bond donors (Lipinski definition) is 1. The highest BCUT2D eigenvalue weighted by molar-refractivity contribution is 6.25. The average molecular weight is 502 g/mol. The molecule has 7 heteroatoms. The number of carbonyl (C=O) groups excluding carboxylic acids is 3. The van der Waals surface area contributed by atoms with E-state index < -0.39 is 6.04 Å². The third kappa shape index (κ3) is 5.61. The number of rotatable bonds is 11. The minimum Gasteiger partial charge on any atom is -0.497 e. The van der Waals surface area contributed by atoms with Crippen LogP contribution >= 0.6 is 0 Å². The number of nitrogens with one attached hydrogen (secondary N) is 1. The standard InChI is InChI=1S/C30H35N3O4/c1-5-25(29(35)31-20(2)3)33(19-21-14-16-23(37-4)17-15-21)27(34)13-8-18-32-26-12-7-10-22-9-6-11-24(28(22)26)30(32)36/h6-7,9-12,14-17,20,25H,5,8,13,18-19H2,1-4H3,(H,31,35). The van der Waals surface area contributed by atoms with E-state index in [1.54, 1.807) is 16.9 Å². The largest absolute Gasteiger partial charge is 0.497 e. The third-order valence-electron chi connectivity index (χ3n) is 6.75. The van der Waals surface area contributed by atoms with Gasteiger partial charge in [0.2, 0.25) is 11.8 Å². The summed E-state index contributed by atoms with van der Waals surface area (Å²) in [4.78, 5) is 43.1. The summed E-state index contributed by atoms with van der Waals surface area (Å²) in [6.45, 7) is 6.49. The Kier molecular flexibility index (Phi) is 8.11. The van der Waals surface area contributed by atoms with Crippen molar-refractivity contribution >= 4 is 34.2 Å². The molecule has 1 N–H and O–H groups in total. The van der Waals surface area contributed by atoms with Gasteiger partial charge in [0.05, 0.1) is 12.8 Å². The predicted octanol–water partition coefficient (Wildman–Crippen LogP) is 4.92. The van der Waals surface area contributed by atoms with Gasteiger partial charge in [-0.3, -0.25) is 14.4 Å². The summed E-state index contributed by atoms with van der Waals surface area (Å²) in [6.07, 6.45) is 1.23. The lowest BCUT2D eigenvalue weighted by Crippen LogP contribution is -2.50. The fraction of sp³-hybridized carbons (Fsp3) is 0.367. The third-order valence-corrected chi connectivity index (χ3v) is 6.75. The molecule has 0 bridgehead atoms. The first-order valence-corrected chi connectivity index (χ1v) is 12.9. The monoisotopic (exact) mass is 501 g/mol. The molecule has 0 saturated heterocycles. The van der Waals surface area contributed by atoms with Gasteiger partial charge in [0, 0.05) is 36.5 Å². The molecule has 3 aromatic carbocycles. The van der Waals surface area contributed by atoms with E-state index in [-0.39, 0.29) is 30.2 Å². The van der Waals surface area contributed by atoms with Gasteiger partial charge < -0.3 is 19.9 Å². The van der Waals surface area contributed by atoms with Crippen LogP contribution in [-0.4, -0.2) is 48.4 Å². The molecule has 3 aromatic rings. The van der Waals surface area contributed by atoms with Crippen molar-refractivity contribution in [3.05, 3.63) is 71.8 Å². The normalized spacial score (nSPS) is 13.2. The van der Waals surface area contributed by atoms with Crippen molar-refractivity contribution in [2.24, 2.45) is 0 Å². The molecule has 3 amide bonds. The van der Waals surface area contributed by atoms with Gasteiger partial charge >= 0.3 is 0 Å². The van der Waals surface area contributed by atoms with Gasteiger partial charge in [-0.15, -0.1) is 0 Å². The number of anilines is 1. The lowest BCUT2D eigenvalue weighted by atomic mass is 10.1. The van der Waals surface area contributed by atoms with Gasteiger partial charge in [0.1, 0.15) is 11.8 Å². The Morgan fingerprint density at radius 2 is 1.73 bits per heavy atom. The Morgan fingerprint density at radius 3 is 2.38 bits per heavy atom. The summed E-state index contributed by atoms with van der Waals surface area (Å²) in [5, 5.41) is 4.96. The quantitative estimate of drug-likeness (QED) is 0.405. The van der Waals surface area contributed by atoms with Crippen molar-refractivity contribution in [2.45, 2.75) is 58.7 Å². The molecule has 194 valence electrons. The fourth-order valence-corrected chi connectivity index (χ4v) is 4.96. The molecule has 1 aliphatic rings. The van der Waals surface area contributed by atoms with Crippen molar-refractivity contribution in [1.29, 1.82) is 0 Å². The summed E-state index contributed by atoms with van der Waals surface area (Å²) in [5.41, 5.74) is 2.52. The predicted molar refractivity (Wildman–Crippen MR) is 146 cm³/mol. The molecular formula is C30H35N3O4. The zero-order chi connectivity index (χ0) is 26.5. The van der Waals surface area contributed by atoms with Gasteiger partial charge in [0.15, 0.2) is 0 Å². The number of nitrogens with zero attached hydrogens (tertiary/aromatic N) is 2. The summed E-state index contributed by atoms with van der Waals surface area (Å²) in [6, 6.07) is 18.6. The van der Waals surface area contributed by atoms with Gasteiger partial charge in [0.25, 0.3) is 5.91 Å². The Morgan fingerprint density at radius 1 is 1.03 bits per heavy atom. The maximum atomic E-state index is 13.5. The van der Waals surface area contributed by atoms with Crippen LogP contribution in [0.3, 0.4) is 0 Å². The van der Waals surface area contributed by atoms with Crippen LogP contribution in [0.1, 0.15) is 56.0 Å². The molecule has 0 saturated carbocycles. The van der Waals surface area contributed by atoms with Crippen LogP contribution in [0.2, 0.25) is 0 Å². The Labute approximate surface area is 218 Å². The van der Waals surface area contributed by atoms with E-state index in [0.717, 1.165) is 27.8 Å². The van der Waals surface area contributed by atoms with Crippen molar-refractivity contribution in [2.75, 3.05) is 18.6 Å². The first-order valence-electron chi connectivity index (χ1n) is 12.9. The van der Waals surface area contributed by atoms with Gasteiger partial charge in [-0.05, 0) is 61.9 Å². The van der Waals surface area contributed by atoms with Crippen LogP contribution in [-0.2, 0) is 16.1 Å². The number of ether oxygens (including phenoxy) is 1. The topological polar surface area (TPSA) is 79.0 Å². The molecule has 0 aromatic heterocycles. The van der Waals surface area contributed by atoms with Crippen LogP contribution in [0, 0.1) is 0 Å². The molecule has 37 heavy (non-hydrogen) atoms. The second kappa shape index (κ2) is 11.5. The number of methoxy groups -OCH3 is 1. The highest BCUT2D eigenvalue weighted by Crippen LogP contribution is 2.37. The zero-order valence-electron chi connectivity index (χ0n) is 22.0. The molecule has 7 nitrogen and oxygen atoms in total. The number of amides is 3. The van der Waals surface area contributed by atoms with E-state index in [9.17, 15) is 14.4 Å². The summed E-state index contributed by atoms with van der Waals surface area (Å²) >= 11 is 0. The lowest BCUT2D eigenvalue weighted by molar-refractivity contribution is -0.141. The fourth-order valence-electron chi connectivity index (χ4n) is 4.96. The van der Waals surface area contributed by atoms with Crippen molar-refractivity contribution in [3.8, 4) is 5.75 Å². The highest BCUT2D eigenvalue weighted by Gasteiger charge is 2.31. The van der Waals surface area contributed by atoms with E-state index in [1.165, 1.54) is 0 Å². The first-order chi connectivity index (χ1) is 17.8. The van der Waals surface area contributed by atoms with Crippen LogP contribution in [0.25, 0.3) is 10.8 Å². The van der Waals surface area contributed by atoms with E-state index in [2.05, 4.69) is 5.32 Å². The molecule has 1 aliphatic heterocycles. The minimum atomic E-state index is -0.580. The number of hydrogen-bond acceptors (Lipinski definition) is 4. The molecule has 1 atom stereocenters. The highest BCUT2D eigenvalue weighted by atomic mass is 16.5. The molecule has 4 rings (SSSR count). The minimum absolute atomic E-state index is 0.0231. The number of benzene rings is 3. The van der Waals surface area contributed by atoms with Gasteiger partial charge in [-0.2, -0.15) is 0 Å². The summed E-state index contributed by atoms with van der Waals surface area (Å²) in [7, 11) is 1.61. The Hall–Kier alpha value is -3.87. The molecule has 0 radical (unpaired) electrons. The second-order valence-corrected chi connectivity index (χ2v) is 9.70. The van der Waals surface area contributed by atoms with Crippen molar-refractivity contribution in [1.82, 2.24) is 10.2 Å². The summed E-state index contributed by atoms with van der Waals surface area (Å²) < 4.78 is 5.25. The lowest BCUT2D eigenvalue weighted by Gasteiger charge is -2.31. The molecule has 1 unspecified atom stereocenters. The van der Waals surface area contributed by atoms with Gasteiger partial charge in [-0.1, -0.05) is 43.3 Å². The number of carbonyl (C=O) groups is 3. The maximum absolute atomic E-state index is 13.5. The van der Waals surface area contributed by atoms with E-state index in [1.807, 2.05) is 81.4 Å². The SMILES string of the molecule is CCC(C(=O)NC(C)C)N(Cc1ccc(OC)cc1)C(=O)CCCN1C(=O)c2cccc3cccc1c23. The van der Waals surface area contributed by atoms with E-state index >= 15 is 0 Å². The molecule has 0 aliphatic carbocycles. The molecule has 0 fully saturated rings. The van der Waals surface area contributed by atoms with E-state index in [4.69, 9.17) is 4.74 Å². The average Bonchev–Trinajstić information content (AvgIpc) is 3.16.